The molecule has 21 heavy (non-hydrogen) atoms. The highest BCUT2D eigenvalue weighted by Gasteiger charge is 2.40. The van der Waals surface area contributed by atoms with Crippen molar-refractivity contribution in [3.8, 4) is 0 Å². The van der Waals surface area contributed by atoms with Crippen molar-refractivity contribution in [2.24, 2.45) is 0 Å². The quantitative estimate of drug-likeness (QED) is 0.623. The van der Waals surface area contributed by atoms with Gasteiger partial charge in [-0.25, -0.2) is 9.29 Å². The molecule has 3 rings (SSSR count). The minimum absolute atomic E-state index is 0.0403. The molecule has 0 radical (unpaired) electrons. The second-order valence-electron chi connectivity index (χ2n) is 5.05. The van der Waals surface area contributed by atoms with Crippen LogP contribution < -0.4 is 4.90 Å². The summed E-state index contributed by atoms with van der Waals surface area (Å²) in [6.07, 6.45) is 3.21. The van der Waals surface area contributed by atoms with Crippen LogP contribution in [-0.4, -0.2) is 18.1 Å². The molecule has 0 saturated carbocycles. The van der Waals surface area contributed by atoms with Gasteiger partial charge >= 0.3 is 0 Å². The monoisotopic (exact) mass is 307 g/mol. The number of imide groups is 1. The first-order valence-corrected chi connectivity index (χ1v) is 6.97. The van der Waals surface area contributed by atoms with Crippen molar-refractivity contribution in [2.75, 3.05) is 4.90 Å². The van der Waals surface area contributed by atoms with E-state index in [-0.39, 0.29) is 16.3 Å². The first-order chi connectivity index (χ1) is 10.0. The molecule has 0 atom stereocenters. The summed E-state index contributed by atoms with van der Waals surface area (Å²) in [5.74, 6) is -1.78. The molecule has 0 N–H and O–H groups in total. The lowest BCUT2D eigenvalue weighted by Gasteiger charge is -2.16. The number of carbonyl (C=O) groups is 3. The molecule has 0 fully saturated rings. The Morgan fingerprint density at radius 3 is 2.19 bits per heavy atom. The normalized spacial score (nSPS) is 18.3. The highest BCUT2D eigenvalue weighted by Crippen LogP contribution is 2.37. The summed E-state index contributed by atoms with van der Waals surface area (Å²) in [5.41, 5.74) is 0.756. The smallest absolute Gasteiger partial charge is 0.261 e. The Morgan fingerprint density at radius 2 is 1.67 bits per heavy atom. The second kappa shape index (κ2) is 5.07. The standard InChI is InChI=1S/C15H11ClFNO3/c16-11-6-12(17)13(5-8(11)7-19)18-14(20)9-3-1-2-4-10(9)15(18)21/h5-7H,1-4H2. The van der Waals surface area contributed by atoms with Gasteiger partial charge in [-0.05, 0) is 37.8 Å². The number of hydrogen-bond donors (Lipinski definition) is 0. The van der Waals surface area contributed by atoms with Crippen LogP contribution in [0.15, 0.2) is 23.3 Å². The Hall–Kier alpha value is -2.01. The molecule has 0 aromatic heterocycles. The number of benzene rings is 1. The van der Waals surface area contributed by atoms with Crippen LogP contribution in [-0.2, 0) is 9.59 Å². The number of aldehydes is 1. The molecule has 2 amide bonds. The molecule has 1 heterocycles. The van der Waals surface area contributed by atoms with Crippen LogP contribution in [0.25, 0.3) is 0 Å². The maximum atomic E-state index is 14.1. The minimum atomic E-state index is -0.799. The van der Waals surface area contributed by atoms with Crippen molar-refractivity contribution in [3.63, 3.8) is 0 Å². The molecule has 2 aliphatic rings. The highest BCUT2D eigenvalue weighted by molar-refractivity contribution is 6.35. The molecule has 1 aromatic carbocycles. The molecule has 4 nitrogen and oxygen atoms in total. The third-order valence-electron chi connectivity index (χ3n) is 3.82. The summed E-state index contributed by atoms with van der Waals surface area (Å²) in [5, 5.41) is -0.0527. The molecule has 6 heteroatoms. The molecule has 108 valence electrons. The van der Waals surface area contributed by atoms with E-state index in [0.717, 1.165) is 29.9 Å². The molecule has 0 saturated heterocycles. The fourth-order valence-electron chi connectivity index (χ4n) is 2.77. The third-order valence-corrected chi connectivity index (χ3v) is 4.15. The van der Waals surface area contributed by atoms with E-state index >= 15 is 0 Å². The van der Waals surface area contributed by atoms with Crippen LogP contribution in [0.4, 0.5) is 10.1 Å². The zero-order chi connectivity index (χ0) is 15.1. The van der Waals surface area contributed by atoms with Crippen molar-refractivity contribution in [1.29, 1.82) is 0 Å². The minimum Gasteiger partial charge on any atom is -0.298 e. The fraction of sp³-hybridized carbons (Fsp3) is 0.267. The van der Waals surface area contributed by atoms with Crippen molar-refractivity contribution >= 4 is 35.4 Å². The highest BCUT2D eigenvalue weighted by atomic mass is 35.5. The van der Waals surface area contributed by atoms with Gasteiger partial charge in [0.15, 0.2) is 6.29 Å². The Morgan fingerprint density at radius 1 is 1.10 bits per heavy atom. The predicted octanol–water partition coefficient (Wildman–Crippen LogP) is 3.04. The molecule has 0 unspecified atom stereocenters. The number of carbonyl (C=O) groups excluding carboxylic acids is 3. The van der Waals surface area contributed by atoms with Gasteiger partial charge < -0.3 is 0 Å². The maximum absolute atomic E-state index is 14.1. The zero-order valence-corrected chi connectivity index (χ0v) is 11.7. The Labute approximate surface area is 125 Å². The largest absolute Gasteiger partial charge is 0.298 e. The van der Waals surface area contributed by atoms with E-state index in [0.29, 0.717) is 30.3 Å². The van der Waals surface area contributed by atoms with Crippen molar-refractivity contribution in [3.05, 3.63) is 39.7 Å². The van der Waals surface area contributed by atoms with Crippen LogP contribution in [0, 0.1) is 5.82 Å². The van der Waals surface area contributed by atoms with E-state index < -0.39 is 17.6 Å². The van der Waals surface area contributed by atoms with Gasteiger partial charge in [0.2, 0.25) is 0 Å². The first kappa shape index (κ1) is 13.9. The van der Waals surface area contributed by atoms with Gasteiger partial charge in [-0.1, -0.05) is 11.6 Å². The first-order valence-electron chi connectivity index (χ1n) is 6.59. The number of rotatable bonds is 2. The Kier molecular flexibility index (Phi) is 3.37. The average molecular weight is 308 g/mol. The molecule has 0 bridgehead atoms. The molecular formula is C15H11ClFNO3. The molecular weight excluding hydrogens is 297 g/mol. The summed E-state index contributed by atoms with van der Waals surface area (Å²) in [7, 11) is 0. The fourth-order valence-corrected chi connectivity index (χ4v) is 2.97. The number of nitrogens with zero attached hydrogens (tertiary/aromatic N) is 1. The van der Waals surface area contributed by atoms with E-state index in [1.807, 2.05) is 0 Å². The van der Waals surface area contributed by atoms with Crippen molar-refractivity contribution in [1.82, 2.24) is 0 Å². The topological polar surface area (TPSA) is 54.5 Å². The average Bonchev–Trinajstić information content (AvgIpc) is 2.72. The summed E-state index contributed by atoms with van der Waals surface area (Å²) in [6, 6.07) is 2.08. The maximum Gasteiger partial charge on any atom is 0.261 e. The molecule has 1 aromatic rings. The van der Waals surface area contributed by atoms with Gasteiger partial charge in [0, 0.05) is 16.7 Å². The number of amides is 2. The van der Waals surface area contributed by atoms with Gasteiger partial charge in [0.1, 0.15) is 5.82 Å². The second-order valence-corrected chi connectivity index (χ2v) is 5.46. The Bertz CT molecular complexity index is 683. The number of hydrogen-bond acceptors (Lipinski definition) is 3. The molecule has 1 aliphatic carbocycles. The van der Waals surface area contributed by atoms with Crippen LogP contribution >= 0.6 is 11.6 Å². The summed E-state index contributed by atoms with van der Waals surface area (Å²) in [4.78, 5) is 36.4. The number of halogens is 2. The molecule has 1 aliphatic heterocycles. The Balaban J connectivity index is 2.08. The predicted molar refractivity (Wildman–Crippen MR) is 74.8 cm³/mol. The number of anilines is 1. The van der Waals surface area contributed by atoms with E-state index in [2.05, 4.69) is 0 Å². The van der Waals surface area contributed by atoms with Crippen LogP contribution in [0.2, 0.25) is 5.02 Å². The summed E-state index contributed by atoms with van der Waals surface area (Å²) >= 11 is 5.73. The lowest BCUT2D eigenvalue weighted by Crippen LogP contribution is -2.32. The van der Waals surface area contributed by atoms with Gasteiger partial charge in [0.05, 0.1) is 10.7 Å². The van der Waals surface area contributed by atoms with Gasteiger partial charge in [-0.15, -0.1) is 0 Å². The zero-order valence-electron chi connectivity index (χ0n) is 11.0. The van der Waals surface area contributed by atoms with Crippen LogP contribution in [0.3, 0.4) is 0 Å². The van der Waals surface area contributed by atoms with E-state index in [4.69, 9.17) is 11.6 Å². The van der Waals surface area contributed by atoms with Crippen molar-refractivity contribution < 1.29 is 18.8 Å². The van der Waals surface area contributed by atoms with Crippen LogP contribution in [0.1, 0.15) is 36.0 Å². The molecule has 0 spiro atoms. The lowest BCUT2D eigenvalue weighted by atomic mass is 9.93. The van der Waals surface area contributed by atoms with Gasteiger partial charge in [-0.2, -0.15) is 0 Å². The summed E-state index contributed by atoms with van der Waals surface area (Å²) in [6.45, 7) is 0. The van der Waals surface area contributed by atoms with E-state index in [1.165, 1.54) is 0 Å². The lowest BCUT2D eigenvalue weighted by molar-refractivity contribution is -0.120. The van der Waals surface area contributed by atoms with Gasteiger partial charge in [-0.3, -0.25) is 14.4 Å². The van der Waals surface area contributed by atoms with Crippen molar-refractivity contribution in [2.45, 2.75) is 25.7 Å². The van der Waals surface area contributed by atoms with Gasteiger partial charge in [0.25, 0.3) is 11.8 Å². The van der Waals surface area contributed by atoms with E-state index in [1.54, 1.807) is 0 Å². The van der Waals surface area contributed by atoms with E-state index in [9.17, 15) is 18.8 Å². The summed E-state index contributed by atoms with van der Waals surface area (Å²) < 4.78 is 14.1. The van der Waals surface area contributed by atoms with Crippen LogP contribution in [0.5, 0.6) is 0 Å². The third kappa shape index (κ3) is 2.08. The SMILES string of the molecule is O=Cc1cc(N2C(=O)C3=C(CCCC3)C2=O)c(F)cc1Cl.